The van der Waals surface area contributed by atoms with Crippen LogP contribution in [0.3, 0.4) is 0 Å². The smallest absolute Gasteiger partial charge is 0.0604 e. The molecule has 0 atom stereocenters. The fourth-order valence-electron chi connectivity index (χ4n) is 2.04. The second-order valence-corrected chi connectivity index (χ2v) is 5.21. The first-order chi connectivity index (χ1) is 8.19. The summed E-state index contributed by atoms with van der Waals surface area (Å²) in [6.45, 7) is 3.60. The zero-order valence-electron chi connectivity index (χ0n) is 9.88. The maximum Gasteiger partial charge on any atom is 0.0604 e. The molecule has 4 heteroatoms. The predicted octanol–water partition coefficient (Wildman–Crippen LogP) is 3.65. The molecule has 1 aliphatic rings. The first-order valence-electron chi connectivity index (χ1n) is 5.98. The average Bonchev–Trinajstić information content (AvgIpc) is 2.26. The van der Waals surface area contributed by atoms with E-state index in [9.17, 15) is 0 Å². The zero-order valence-corrected chi connectivity index (χ0v) is 11.4. The number of halogens is 2. The molecule has 0 unspecified atom stereocenters. The van der Waals surface area contributed by atoms with Crippen LogP contribution in [0.1, 0.15) is 25.3 Å². The fraction of sp³-hybridized carbons (Fsp3) is 0.538. The first kappa shape index (κ1) is 13.2. The normalized spacial score (nSPS) is 23.5. The van der Waals surface area contributed by atoms with Gasteiger partial charge in [0.2, 0.25) is 0 Å². The summed E-state index contributed by atoms with van der Waals surface area (Å²) in [7, 11) is 0. The van der Waals surface area contributed by atoms with Crippen LogP contribution >= 0.6 is 23.2 Å². The van der Waals surface area contributed by atoms with Crippen molar-refractivity contribution < 1.29 is 4.74 Å². The Labute approximate surface area is 112 Å². The van der Waals surface area contributed by atoms with Gasteiger partial charge in [-0.2, -0.15) is 0 Å². The molecule has 2 rings (SSSR count). The Bertz CT molecular complexity index is 378. The standard InChI is InChI=1S/C13H17Cl2NO/c1-2-17-12-6-11(7-12)16-8-9-5-10(14)3-4-13(9)15/h3-5,11-12,16H,2,6-8H2,1H3. The monoisotopic (exact) mass is 273 g/mol. The molecular weight excluding hydrogens is 257 g/mol. The van der Waals surface area contributed by atoms with Crippen LogP contribution in [-0.2, 0) is 11.3 Å². The highest BCUT2D eigenvalue weighted by atomic mass is 35.5. The third-order valence-corrected chi connectivity index (χ3v) is 3.69. The summed E-state index contributed by atoms with van der Waals surface area (Å²) in [4.78, 5) is 0. The van der Waals surface area contributed by atoms with E-state index in [2.05, 4.69) is 5.32 Å². The molecule has 94 valence electrons. The Balaban J connectivity index is 1.77. The van der Waals surface area contributed by atoms with E-state index in [1.165, 1.54) is 0 Å². The summed E-state index contributed by atoms with van der Waals surface area (Å²) < 4.78 is 5.52. The molecule has 1 aliphatic carbocycles. The lowest BCUT2D eigenvalue weighted by Crippen LogP contribution is -2.45. The largest absolute Gasteiger partial charge is 0.378 e. The molecular formula is C13H17Cl2NO. The molecule has 0 aromatic heterocycles. The van der Waals surface area contributed by atoms with E-state index in [1.807, 2.05) is 25.1 Å². The molecule has 0 radical (unpaired) electrons. The second kappa shape index (κ2) is 6.05. The van der Waals surface area contributed by atoms with Gasteiger partial charge < -0.3 is 10.1 Å². The molecule has 2 nitrogen and oxygen atoms in total. The van der Waals surface area contributed by atoms with E-state index >= 15 is 0 Å². The highest BCUT2D eigenvalue weighted by Crippen LogP contribution is 2.25. The molecule has 1 aromatic rings. The molecule has 0 aliphatic heterocycles. The topological polar surface area (TPSA) is 21.3 Å². The number of hydrogen-bond acceptors (Lipinski definition) is 2. The highest BCUT2D eigenvalue weighted by molar-refractivity contribution is 6.33. The minimum Gasteiger partial charge on any atom is -0.378 e. The molecule has 1 saturated carbocycles. The van der Waals surface area contributed by atoms with Crippen molar-refractivity contribution >= 4 is 23.2 Å². The van der Waals surface area contributed by atoms with E-state index in [-0.39, 0.29) is 0 Å². The zero-order chi connectivity index (χ0) is 12.3. The van der Waals surface area contributed by atoms with Gasteiger partial charge in [-0.1, -0.05) is 23.2 Å². The van der Waals surface area contributed by atoms with E-state index in [1.54, 1.807) is 0 Å². The average molecular weight is 274 g/mol. The van der Waals surface area contributed by atoms with Gasteiger partial charge in [-0.05, 0) is 43.5 Å². The predicted molar refractivity (Wildman–Crippen MR) is 71.7 cm³/mol. The van der Waals surface area contributed by atoms with E-state index in [4.69, 9.17) is 27.9 Å². The Morgan fingerprint density at radius 3 is 2.82 bits per heavy atom. The number of rotatable bonds is 5. The van der Waals surface area contributed by atoms with Crippen LogP contribution in [0.2, 0.25) is 10.0 Å². The Morgan fingerprint density at radius 2 is 2.12 bits per heavy atom. The van der Waals surface area contributed by atoms with Crippen LogP contribution in [-0.4, -0.2) is 18.8 Å². The quantitative estimate of drug-likeness (QED) is 0.884. The third-order valence-electron chi connectivity index (χ3n) is 3.09. The molecule has 0 amide bonds. The van der Waals surface area contributed by atoms with Gasteiger partial charge >= 0.3 is 0 Å². The van der Waals surface area contributed by atoms with Crippen LogP contribution in [0.4, 0.5) is 0 Å². The second-order valence-electron chi connectivity index (χ2n) is 4.36. The van der Waals surface area contributed by atoms with Crippen LogP contribution in [0.25, 0.3) is 0 Å². The fourth-order valence-corrected chi connectivity index (χ4v) is 2.42. The SMILES string of the molecule is CCOC1CC(NCc2cc(Cl)ccc2Cl)C1. The Kier molecular flexibility index (Phi) is 4.69. The van der Waals surface area contributed by atoms with Gasteiger partial charge in [0, 0.05) is 29.2 Å². The Morgan fingerprint density at radius 1 is 1.35 bits per heavy atom. The summed E-state index contributed by atoms with van der Waals surface area (Å²) in [6, 6.07) is 6.10. The van der Waals surface area contributed by atoms with Gasteiger partial charge in [0.15, 0.2) is 0 Å². The molecule has 0 saturated heterocycles. The summed E-state index contributed by atoms with van der Waals surface area (Å²) in [5.41, 5.74) is 1.05. The van der Waals surface area contributed by atoms with Crippen molar-refractivity contribution in [3.63, 3.8) is 0 Å². The molecule has 0 bridgehead atoms. The lowest BCUT2D eigenvalue weighted by molar-refractivity contribution is -0.0102. The van der Waals surface area contributed by atoms with E-state index in [0.717, 1.165) is 41.6 Å². The first-order valence-corrected chi connectivity index (χ1v) is 6.73. The van der Waals surface area contributed by atoms with Crippen molar-refractivity contribution in [3.05, 3.63) is 33.8 Å². The van der Waals surface area contributed by atoms with Crippen molar-refractivity contribution in [2.75, 3.05) is 6.61 Å². The van der Waals surface area contributed by atoms with Gasteiger partial charge in [-0.25, -0.2) is 0 Å². The molecule has 1 N–H and O–H groups in total. The van der Waals surface area contributed by atoms with E-state index in [0.29, 0.717) is 12.1 Å². The lowest BCUT2D eigenvalue weighted by Gasteiger charge is -2.35. The molecule has 0 spiro atoms. The summed E-state index contributed by atoms with van der Waals surface area (Å²) in [6.07, 6.45) is 2.62. The highest BCUT2D eigenvalue weighted by Gasteiger charge is 2.28. The van der Waals surface area contributed by atoms with Crippen molar-refractivity contribution in [3.8, 4) is 0 Å². The van der Waals surface area contributed by atoms with Crippen LogP contribution in [0, 0.1) is 0 Å². The minimum atomic E-state index is 0.437. The molecule has 17 heavy (non-hydrogen) atoms. The van der Waals surface area contributed by atoms with E-state index < -0.39 is 0 Å². The number of nitrogens with one attached hydrogen (secondary N) is 1. The summed E-state index contributed by atoms with van der Waals surface area (Å²) in [5, 5.41) is 4.96. The van der Waals surface area contributed by atoms with Crippen molar-refractivity contribution in [2.45, 2.75) is 38.5 Å². The van der Waals surface area contributed by atoms with Gasteiger partial charge in [-0.3, -0.25) is 0 Å². The van der Waals surface area contributed by atoms with Crippen molar-refractivity contribution in [1.82, 2.24) is 5.32 Å². The molecule has 1 fully saturated rings. The van der Waals surface area contributed by atoms with Gasteiger partial charge in [-0.15, -0.1) is 0 Å². The number of ether oxygens (including phenoxy) is 1. The number of hydrogen-bond donors (Lipinski definition) is 1. The summed E-state index contributed by atoms with van der Waals surface area (Å²) >= 11 is 12.0. The lowest BCUT2D eigenvalue weighted by atomic mass is 9.89. The number of benzene rings is 1. The Hall–Kier alpha value is -0.280. The van der Waals surface area contributed by atoms with Crippen LogP contribution in [0.5, 0.6) is 0 Å². The summed E-state index contributed by atoms with van der Waals surface area (Å²) in [5.74, 6) is 0. The minimum absolute atomic E-state index is 0.437. The van der Waals surface area contributed by atoms with Crippen molar-refractivity contribution in [2.24, 2.45) is 0 Å². The van der Waals surface area contributed by atoms with Crippen LogP contribution in [0.15, 0.2) is 18.2 Å². The maximum atomic E-state index is 6.10. The molecule has 0 heterocycles. The van der Waals surface area contributed by atoms with Gasteiger partial charge in [0.05, 0.1) is 6.10 Å². The maximum absolute atomic E-state index is 6.10. The van der Waals surface area contributed by atoms with Gasteiger partial charge in [0.25, 0.3) is 0 Å². The third kappa shape index (κ3) is 3.59. The van der Waals surface area contributed by atoms with Crippen LogP contribution < -0.4 is 5.32 Å². The van der Waals surface area contributed by atoms with Crippen molar-refractivity contribution in [1.29, 1.82) is 0 Å². The molecule has 1 aromatic carbocycles. The van der Waals surface area contributed by atoms with Gasteiger partial charge in [0.1, 0.15) is 0 Å².